The lowest BCUT2D eigenvalue weighted by Gasteiger charge is -2.08. The number of anilines is 1. The Balaban J connectivity index is 0.000000755. The normalized spacial score (nSPS) is 10.1. The first kappa shape index (κ1) is 19.5. The number of carboxylic acid groups (broad SMARTS) is 1. The van der Waals surface area contributed by atoms with Gasteiger partial charge < -0.3 is 15.4 Å². The van der Waals surface area contributed by atoms with Gasteiger partial charge in [0.05, 0.1) is 11.7 Å². The van der Waals surface area contributed by atoms with Gasteiger partial charge in [-0.1, -0.05) is 0 Å². The predicted octanol–water partition coefficient (Wildman–Crippen LogP) is 3.01. The summed E-state index contributed by atoms with van der Waals surface area (Å²) in [6.45, 7) is -0.250. The number of benzene rings is 2. The third-order valence-corrected chi connectivity index (χ3v) is 3.99. The molecule has 0 fully saturated rings. The third-order valence-electron chi connectivity index (χ3n) is 3.99. The fourth-order valence-corrected chi connectivity index (χ4v) is 2.74. The molecule has 1 amide bonds. The van der Waals surface area contributed by atoms with Gasteiger partial charge in [0.15, 0.2) is 0 Å². The molecule has 0 saturated carbocycles. The number of hydrogen-bond donors (Lipinski definition) is 4. The molecule has 0 atom stereocenters. The van der Waals surface area contributed by atoms with E-state index in [9.17, 15) is 14.0 Å². The fourth-order valence-electron chi connectivity index (χ4n) is 2.74. The SMILES string of the molecule is O=C(Nc1ccc2cn[nH]c2c1)c1cc(F)cc(-c2ccc[nH]c2=O)c1.O=CO. The first-order chi connectivity index (χ1) is 14.0. The standard InChI is InChI=1S/C19H13FN4O2.CH2O2/c20-14-7-12(16-2-1-5-21-19(16)26)6-13(8-14)18(25)23-15-4-3-11-10-22-24-17(11)9-15;2-1-3/h1-10H,(H,21,26)(H,22,24)(H,23,25);1H,(H,2,3). The Labute approximate surface area is 163 Å². The van der Waals surface area contributed by atoms with E-state index in [1.807, 2.05) is 6.07 Å². The maximum absolute atomic E-state index is 14.0. The molecule has 2 aromatic carbocycles. The number of amides is 1. The molecule has 2 aromatic heterocycles. The van der Waals surface area contributed by atoms with Crippen molar-refractivity contribution in [3.63, 3.8) is 0 Å². The van der Waals surface area contributed by atoms with E-state index in [0.29, 0.717) is 16.8 Å². The molecule has 9 heteroatoms. The molecule has 0 aliphatic heterocycles. The number of aromatic nitrogens is 3. The van der Waals surface area contributed by atoms with Crippen LogP contribution in [0.4, 0.5) is 10.1 Å². The molecule has 29 heavy (non-hydrogen) atoms. The van der Waals surface area contributed by atoms with Crippen LogP contribution in [0.25, 0.3) is 22.0 Å². The number of nitrogens with zero attached hydrogens (tertiary/aromatic N) is 1. The molecule has 0 unspecified atom stereocenters. The van der Waals surface area contributed by atoms with Gasteiger partial charge in [-0.05, 0) is 54.1 Å². The van der Waals surface area contributed by atoms with E-state index in [-0.39, 0.29) is 17.6 Å². The number of aromatic amines is 2. The molecule has 4 rings (SSSR count). The van der Waals surface area contributed by atoms with Crippen LogP contribution >= 0.6 is 0 Å². The number of rotatable bonds is 3. The van der Waals surface area contributed by atoms with Crippen LogP contribution in [0.2, 0.25) is 0 Å². The van der Waals surface area contributed by atoms with Gasteiger partial charge in [0, 0.05) is 28.4 Å². The largest absolute Gasteiger partial charge is 0.483 e. The minimum absolute atomic E-state index is 0.118. The van der Waals surface area contributed by atoms with E-state index in [2.05, 4.69) is 20.5 Å². The van der Waals surface area contributed by atoms with Gasteiger partial charge in [-0.15, -0.1) is 0 Å². The number of H-pyrrole nitrogens is 2. The number of carbonyl (C=O) groups excluding carboxylic acids is 1. The Bertz CT molecular complexity index is 1230. The minimum Gasteiger partial charge on any atom is -0.483 e. The predicted molar refractivity (Wildman–Crippen MR) is 105 cm³/mol. The maximum atomic E-state index is 14.0. The van der Waals surface area contributed by atoms with Crippen molar-refractivity contribution in [3.05, 3.63) is 82.7 Å². The van der Waals surface area contributed by atoms with Crippen molar-refractivity contribution in [3.8, 4) is 11.1 Å². The van der Waals surface area contributed by atoms with Gasteiger partial charge in [0.2, 0.25) is 0 Å². The topological polar surface area (TPSA) is 128 Å². The number of pyridine rings is 1. The molecule has 2 heterocycles. The molecule has 0 aliphatic carbocycles. The maximum Gasteiger partial charge on any atom is 0.290 e. The number of carbonyl (C=O) groups is 2. The zero-order valence-corrected chi connectivity index (χ0v) is 14.8. The van der Waals surface area contributed by atoms with Crippen molar-refractivity contribution in [2.24, 2.45) is 0 Å². The quantitative estimate of drug-likeness (QED) is 0.397. The van der Waals surface area contributed by atoms with Crippen LogP contribution in [0.5, 0.6) is 0 Å². The number of hydrogen-bond acceptors (Lipinski definition) is 4. The highest BCUT2D eigenvalue weighted by molar-refractivity contribution is 6.05. The molecule has 0 bridgehead atoms. The van der Waals surface area contributed by atoms with Crippen LogP contribution in [0, 0.1) is 5.82 Å². The van der Waals surface area contributed by atoms with Crippen LogP contribution in [0.15, 0.2) is 65.7 Å². The second-order valence-electron chi connectivity index (χ2n) is 5.87. The average Bonchev–Trinajstić information content (AvgIpc) is 3.16. The van der Waals surface area contributed by atoms with E-state index in [0.717, 1.165) is 17.0 Å². The minimum atomic E-state index is -0.597. The van der Waals surface area contributed by atoms with Gasteiger partial charge in [0.25, 0.3) is 17.9 Å². The van der Waals surface area contributed by atoms with Crippen LogP contribution in [0.3, 0.4) is 0 Å². The Morgan fingerprint density at radius 1 is 1.17 bits per heavy atom. The Morgan fingerprint density at radius 2 is 1.97 bits per heavy atom. The second-order valence-corrected chi connectivity index (χ2v) is 5.87. The Hall–Kier alpha value is -4.27. The molecule has 4 N–H and O–H groups in total. The van der Waals surface area contributed by atoms with E-state index in [1.165, 1.54) is 18.3 Å². The lowest BCUT2D eigenvalue weighted by atomic mass is 10.0. The van der Waals surface area contributed by atoms with Gasteiger partial charge in [-0.3, -0.25) is 19.5 Å². The summed E-state index contributed by atoms with van der Waals surface area (Å²) in [4.78, 5) is 35.3. The number of fused-ring (bicyclic) bond motifs is 1. The van der Waals surface area contributed by atoms with Gasteiger partial charge in [-0.25, -0.2) is 4.39 Å². The van der Waals surface area contributed by atoms with E-state index < -0.39 is 11.7 Å². The van der Waals surface area contributed by atoms with Crippen molar-refractivity contribution < 1.29 is 19.1 Å². The summed E-state index contributed by atoms with van der Waals surface area (Å²) >= 11 is 0. The number of halogens is 1. The smallest absolute Gasteiger partial charge is 0.290 e. The van der Waals surface area contributed by atoms with Crippen molar-refractivity contribution >= 4 is 29.0 Å². The number of nitrogens with one attached hydrogen (secondary N) is 3. The zero-order chi connectivity index (χ0) is 20.8. The first-order valence-electron chi connectivity index (χ1n) is 8.33. The van der Waals surface area contributed by atoms with Crippen molar-refractivity contribution in [1.82, 2.24) is 15.2 Å². The summed E-state index contributed by atoms with van der Waals surface area (Å²) < 4.78 is 14.0. The summed E-state index contributed by atoms with van der Waals surface area (Å²) in [5.74, 6) is -1.07. The fraction of sp³-hybridized carbons (Fsp3) is 0. The molecule has 0 spiro atoms. The van der Waals surface area contributed by atoms with Crippen LogP contribution < -0.4 is 10.9 Å². The molecule has 4 aromatic rings. The summed E-state index contributed by atoms with van der Waals surface area (Å²) in [5.41, 5.74) is 1.72. The summed E-state index contributed by atoms with van der Waals surface area (Å²) in [5, 5.41) is 17.3. The molecule has 0 radical (unpaired) electrons. The van der Waals surface area contributed by atoms with Crippen LogP contribution in [-0.2, 0) is 4.79 Å². The first-order valence-corrected chi connectivity index (χ1v) is 8.33. The van der Waals surface area contributed by atoms with Crippen molar-refractivity contribution in [2.45, 2.75) is 0 Å². The molecule has 8 nitrogen and oxygen atoms in total. The van der Waals surface area contributed by atoms with Crippen molar-refractivity contribution in [2.75, 3.05) is 5.32 Å². The van der Waals surface area contributed by atoms with E-state index in [1.54, 1.807) is 30.5 Å². The summed E-state index contributed by atoms with van der Waals surface area (Å²) in [6.07, 6.45) is 3.17. The highest BCUT2D eigenvalue weighted by Gasteiger charge is 2.12. The van der Waals surface area contributed by atoms with Crippen LogP contribution in [-0.4, -0.2) is 32.7 Å². The monoisotopic (exact) mass is 394 g/mol. The zero-order valence-electron chi connectivity index (χ0n) is 14.8. The lowest BCUT2D eigenvalue weighted by molar-refractivity contribution is -0.122. The van der Waals surface area contributed by atoms with E-state index in [4.69, 9.17) is 9.90 Å². The van der Waals surface area contributed by atoms with Gasteiger partial charge >= 0.3 is 0 Å². The Morgan fingerprint density at radius 3 is 2.72 bits per heavy atom. The molecular formula is C20H15FN4O4. The second kappa shape index (κ2) is 8.61. The Kier molecular flexibility index (Phi) is 5.79. The highest BCUT2D eigenvalue weighted by Crippen LogP contribution is 2.21. The van der Waals surface area contributed by atoms with E-state index >= 15 is 0 Å². The molecular weight excluding hydrogens is 379 g/mol. The average molecular weight is 394 g/mol. The molecule has 146 valence electrons. The van der Waals surface area contributed by atoms with Crippen molar-refractivity contribution in [1.29, 1.82) is 0 Å². The molecule has 0 saturated heterocycles. The highest BCUT2D eigenvalue weighted by atomic mass is 19.1. The van der Waals surface area contributed by atoms with Gasteiger partial charge in [-0.2, -0.15) is 5.10 Å². The summed E-state index contributed by atoms with van der Waals surface area (Å²) in [6, 6.07) is 12.3. The van der Waals surface area contributed by atoms with Gasteiger partial charge in [0.1, 0.15) is 5.82 Å². The molecule has 0 aliphatic rings. The third kappa shape index (κ3) is 4.53. The summed E-state index contributed by atoms with van der Waals surface area (Å²) in [7, 11) is 0. The lowest BCUT2D eigenvalue weighted by Crippen LogP contribution is -2.13. The van der Waals surface area contributed by atoms with Crippen LogP contribution in [0.1, 0.15) is 10.4 Å².